The van der Waals surface area contributed by atoms with Crippen LogP contribution < -0.4 is 5.32 Å². The third kappa shape index (κ3) is 2.65. The number of nitrogens with zero attached hydrogens (tertiary/aromatic N) is 1. The Kier molecular flexibility index (Phi) is 3.76. The number of likely N-dealkylation sites (N-methyl/N-ethyl adjacent to an activating group) is 1. The lowest BCUT2D eigenvalue weighted by atomic mass is 10.0. The Morgan fingerprint density at radius 1 is 1.53 bits per heavy atom. The Morgan fingerprint density at radius 2 is 2.35 bits per heavy atom. The monoisotopic (exact) mass is 253 g/mol. The lowest BCUT2D eigenvalue weighted by Crippen LogP contribution is -2.20. The number of rotatable bonds is 4. The van der Waals surface area contributed by atoms with Crippen LogP contribution in [0.4, 0.5) is 4.39 Å². The van der Waals surface area contributed by atoms with Crippen molar-refractivity contribution in [2.45, 2.75) is 12.5 Å². The van der Waals surface area contributed by atoms with Crippen LogP contribution in [-0.4, -0.2) is 17.0 Å². The second kappa shape index (κ2) is 5.29. The van der Waals surface area contributed by atoms with E-state index >= 15 is 0 Å². The molecular formula is C12H13ClFN3. The van der Waals surface area contributed by atoms with Gasteiger partial charge in [-0.15, -0.1) is 0 Å². The summed E-state index contributed by atoms with van der Waals surface area (Å²) in [6.45, 7) is 0. The number of H-pyrrole nitrogens is 1. The highest BCUT2D eigenvalue weighted by molar-refractivity contribution is 6.31. The quantitative estimate of drug-likeness (QED) is 0.880. The van der Waals surface area contributed by atoms with Gasteiger partial charge < -0.3 is 10.3 Å². The molecule has 5 heteroatoms. The molecule has 90 valence electrons. The maximum absolute atomic E-state index is 13.4. The largest absolute Gasteiger partial charge is 0.349 e. The fraction of sp³-hybridized carbons (Fsp3) is 0.250. The number of benzene rings is 1. The van der Waals surface area contributed by atoms with E-state index < -0.39 is 5.82 Å². The number of aromatic nitrogens is 2. The zero-order valence-electron chi connectivity index (χ0n) is 9.37. The Hall–Kier alpha value is -1.39. The SMILES string of the molecule is CNC(Cc1ncc[nH]1)c1cccc(F)c1Cl. The molecular weight excluding hydrogens is 241 g/mol. The van der Waals surface area contributed by atoms with Gasteiger partial charge in [0.15, 0.2) is 0 Å². The Labute approximate surface area is 104 Å². The molecule has 17 heavy (non-hydrogen) atoms. The number of hydrogen-bond donors (Lipinski definition) is 2. The van der Waals surface area contributed by atoms with Gasteiger partial charge in [0, 0.05) is 24.9 Å². The molecule has 0 saturated heterocycles. The van der Waals surface area contributed by atoms with E-state index in [-0.39, 0.29) is 11.1 Å². The summed E-state index contributed by atoms with van der Waals surface area (Å²) < 4.78 is 13.4. The molecule has 1 aromatic heterocycles. The third-order valence-electron chi connectivity index (χ3n) is 2.66. The van der Waals surface area contributed by atoms with Crippen LogP contribution in [0.3, 0.4) is 0 Å². The van der Waals surface area contributed by atoms with E-state index in [0.717, 1.165) is 11.4 Å². The molecule has 1 atom stereocenters. The molecule has 0 aliphatic rings. The molecule has 0 saturated carbocycles. The van der Waals surface area contributed by atoms with Crippen molar-refractivity contribution in [3.05, 3.63) is 52.8 Å². The molecule has 2 aromatic rings. The number of imidazole rings is 1. The molecule has 0 aliphatic carbocycles. The van der Waals surface area contributed by atoms with Crippen molar-refractivity contribution in [1.29, 1.82) is 0 Å². The van der Waals surface area contributed by atoms with Gasteiger partial charge in [-0.1, -0.05) is 23.7 Å². The molecule has 0 amide bonds. The van der Waals surface area contributed by atoms with Crippen molar-refractivity contribution in [2.24, 2.45) is 0 Å². The van der Waals surface area contributed by atoms with Crippen LogP contribution in [0, 0.1) is 5.82 Å². The third-order valence-corrected chi connectivity index (χ3v) is 3.06. The number of nitrogens with one attached hydrogen (secondary N) is 2. The molecule has 3 nitrogen and oxygen atoms in total. The normalized spacial score (nSPS) is 12.6. The Balaban J connectivity index is 2.26. The van der Waals surface area contributed by atoms with E-state index in [4.69, 9.17) is 11.6 Å². The molecule has 0 radical (unpaired) electrons. The predicted octanol–water partition coefficient (Wildman–Crippen LogP) is 2.71. The first-order valence-electron chi connectivity index (χ1n) is 5.31. The Bertz CT molecular complexity index is 485. The van der Waals surface area contributed by atoms with E-state index in [1.165, 1.54) is 6.07 Å². The first-order chi connectivity index (χ1) is 8.22. The van der Waals surface area contributed by atoms with Crippen molar-refractivity contribution in [3.8, 4) is 0 Å². The average molecular weight is 254 g/mol. The van der Waals surface area contributed by atoms with Gasteiger partial charge in [0.1, 0.15) is 11.6 Å². The summed E-state index contributed by atoms with van der Waals surface area (Å²) in [5, 5.41) is 3.28. The lowest BCUT2D eigenvalue weighted by Gasteiger charge is -2.17. The van der Waals surface area contributed by atoms with Crippen molar-refractivity contribution >= 4 is 11.6 Å². The second-order valence-electron chi connectivity index (χ2n) is 3.72. The number of aromatic amines is 1. The van der Waals surface area contributed by atoms with Crippen LogP contribution in [0.5, 0.6) is 0 Å². The summed E-state index contributed by atoms with van der Waals surface area (Å²) in [6, 6.07) is 4.76. The fourth-order valence-corrected chi connectivity index (χ4v) is 2.02. The van der Waals surface area contributed by atoms with Crippen LogP contribution in [0.1, 0.15) is 17.4 Å². The van der Waals surface area contributed by atoms with Crippen LogP contribution in [-0.2, 0) is 6.42 Å². The highest BCUT2D eigenvalue weighted by Gasteiger charge is 2.16. The summed E-state index contributed by atoms with van der Waals surface area (Å²) in [4.78, 5) is 7.17. The summed E-state index contributed by atoms with van der Waals surface area (Å²) in [5.74, 6) is 0.438. The highest BCUT2D eigenvalue weighted by Crippen LogP contribution is 2.27. The van der Waals surface area contributed by atoms with Crippen molar-refractivity contribution in [3.63, 3.8) is 0 Å². The van der Waals surface area contributed by atoms with Gasteiger partial charge in [-0.2, -0.15) is 0 Å². The molecule has 1 unspecified atom stereocenters. The van der Waals surface area contributed by atoms with Crippen molar-refractivity contribution < 1.29 is 4.39 Å². The topological polar surface area (TPSA) is 40.7 Å². The maximum atomic E-state index is 13.4. The van der Waals surface area contributed by atoms with Gasteiger partial charge >= 0.3 is 0 Å². The molecule has 0 bridgehead atoms. The minimum absolute atomic E-state index is 0.0654. The summed E-state index contributed by atoms with van der Waals surface area (Å²) in [6.07, 6.45) is 4.08. The zero-order chi connectivity index (χ0) is 12.3. The van der Waals surface area contributed by atoms with Crippen LogP contribution >= 0.6 is 11.6 Å². The second-order valence-corrected chi connectivity index (χ2v) is 4.10. The smallest absolute Gasteiger partial charge is 0.142 e. The zero-order valence-corrected chi connectivity index (χ0v) is 10.1. The van der Waals surface area contributed by atoms with Crippen molar-refractivity contribution in [1.82, 2.24) is 15.3 Å². The summed E-state index contributed by atoms with van der Waals surface area (Å²) in [7, 11) is 1.81. The van der Waals surface area contributed by atoms with E-state index in [1.807, 2.05) is 13.1 Å². The standard InChI is InChI=1S/C12H13ClFN3/c1-15-10(7-11-16-5-6-17-11)8-3-2-4-9(14)12(8)13/h2-6,10,15H,7H2,1H3,(H,16,17). The predicted molar refractivity (Wildman–Crippen MR) is 65.5 cm³/mol. The van der Waals surface area contributed by atoms with Gasteiger partial charge in [-0.25, -0.2) is 9.37 Å². The summed E-state index contributed by atoms with van der Waals surface area (Å²) in [5.41, 5.74) is 0.741. The van der Waals surface area contributed by atoms with Gasteiger partial charge in [0.2, 0.25) is 0 Å². The molecule has 0 aliphatic heterocycles. The van der Waals surface area contributed by atoms with E-state index in [0.29, 0.717) is 6.42 Å². The van der Waals surface area contributed by atoms with E-state index in [1.54, 1.807) is 18.5 Å². The van der Waals surface area contributed by atoms with Crippen molar-refractivity contribution in [2.75, 3.05) is 7.05 Å². The minimum Gasteiger partial charge on any atom is -0.349 e. The van der Waals surface area contributed by atoms with Crippen LogP contribution in [0.25, 0.3) is 0 Å². The van der Waals surface area contributed by atoms with Gasteiger partial charge in [0.05, 0.1) is 5.02 Å². The molecule has 0 fully saturated rings. The molecule has 1 aromatic carbocycles. The first-order valence-corrected chi connectivity index (χ1v) is 5.69. The maximum Gasteiger partial charge on any atom is 0.142 e. The molecule has 1 heterocycles. The van der Waals surface area contributed by atoms with Gasteiger partial charge in [-0.05, 0) is 18.7 Å². The van der Waals surface area contributed by atoms with Gasteiger partial charge in [-0.3, -0.25) is 0 Å². The minimum atomic E-state index is -0.399. The van der Waals surface area contributed by atoms with Gasteiger partial charge in [0.25, 0.3) is 0 Å². The number of hydrogen-bond acceptors (Lipinski definition) is 2. The fourth-order valence-electron chi connectivity index (χ4n) is 1.76. The molecule has 0 spiro atoms. The average Bonchev–Trinajstić information content (AvgIpc) is 2.83. The lowest BCUT2D eigenvalue weighted by molar-refractivity contribution is 0.567. The van der Waals surface area contributed by atoms with Crippen LogP contribution in [0.15, 0.2) is 30.6 Å². The summed E-state index contributed by atoms with van der Waals surface area (Å²) >= 11 is 5.96. The molecule has 2 N–H and O–H groups in total. The first kappa shape index (κ1) is 12.1. The molecule has 2 rings (SSSR count). The highest BCUT2D eigenvalue weighted by atomic mass is 35.5. The van der Waals surface area contributed by atoms with Crippen LogP contribution in [0.2, 0.25) is 5.02 Å². The number of halogens is 2. The van der Waals surface area contributed by atoms with E-state index in [9.17, 15) is 4.39 Å². The Morgan fingerprint density at radius 3 is 3.00 bits per heavy atom. The van der Waals surface area contributed by atoms with E-state index in [2.05, 4.69) is 15.3 Å².